The van der Waals surface area contributed by atoms with Crippen LogP contribution in [0.25, 0.3) is 29.1 Å². The monoisotopic (exact) mass is 388 g/mol. The van der Waals surface area contributed by atoms with E-state index in [1.165, 1.54) is 12.1 Å². The maximum absolute atomic E-state index is 13.2. The number of benzene rings is 2. The lowest BCUT2D eigenvalue weighted by Crippen LogP contribution is -1.94. The Hall–Kier alpha value is -3.51. The van der Waals surface area contributed by atoms with Crippen LogP contribution in [0.5, 0.6) is 0 Å². The minimum absolute atomic E-state index is 0.175. The number of nitrogens with zero attached hydrogens (tertiary/aromatic N) is 3. The molecule has 0 atom stereocenters. The normalized spacial score (nSPS) is 11.4. The molecule has 2 aromatic heterocycles. The molecule has 0 bridgehead atoms. The summed E-state index contributed by atoms with van der Waals surface area (Å²) >= 11 is 0. The lowest BCUT2D eigenvalue weighted by molar-refractivity contribution is 0.278. The third-order valence-corrected chi connectivity index (χ3v) is 4.72. The fourth-order valence-electron chi connectivity index (χ4n) is 3.27. The zero-order valence-corrected chi connectivity index (χ0v) is 16.2. The van der Waals surface area contributed by atoms with Crippen molar-refractivity contribution in [3.63, 3.8) is 0 Å². The molecule has 0 saturated carbocycles. The van der Waals surface area contributed by atoms with Gasteiger partial charge in [0.25, 0.3) is 0 Å². The highest BCUT2D eigenvalue weighted by Gasteiger charge is 2.10. The van der Waals surface area contributed by atoms with Gasteiger partial charge in [-0.3, -0.25) is 0 Å². The predicted molar refractivity (Wildman–Crippen MR) is 112 cm³/mol. The van der Waals surface area contributed by atoms with Gasteiger partial charge in [-0.2, -0.15) is 0 Å². The van der Waals surface area contributed by atoms with Gasteiger partial charge in [0, 0.05) is 17.4 Å². The van der Waals surface area contributed by atoms with E-state index in [0.717, 1.165) is 28.1 Å². The van der Waals surface area contributed by atoms with Gasteiger partial charge in [0.15, 0.2) is 0 Å². The number of nitrogens with one attached hydrogen (secondary N) is 1. The van der Waals surface area contributed by atoms with Gasteiger partial charge in [0.1, 0.15) is 11.6 Å². The summed E-state index contributed by atoms with van der Waals surface area (Å²) in [5.74, 6) is 0.319. The van der Waals surface area contributed by atoms with Crippen LogP contribution in [0.15, 0.2) is 55.0 Å². The molecule has 0 amide bonds. The maximum atomic E-state index is 13.2. The summed E-state index contributed by atoms with van der Waals surface area (Å²) in [4.78, 5) is 11.9. The molecular formula is C23H21FN4O. The van der Waals surface area contributed by atoms with E-state index >= 15 is 0 Å². The minimum atomic E-state index is -0.306. The van der Waals surface area contributed by atoms with Crippen LogP contribution in [-0.2, 0) is 6.61 Å². The first kappa shape index (κ1) is 18.8. The number of aliphatic hydroxyl groups excluding tert-OH is 1. The molecule has 0 saturated heterocycles. The smallest absolute Gasteiger partial charge is 0.131 e. The zero-order valence-electron chi connectivity index (χ0n) is 16.2. The molecule has 2 heterocycles. The molecule has 0 aliphatic carbocycles. The number of aryl methyl sites for hydroxylation is 2. The van der Waals surface area contributed by atoms with Crippen molar-refractivity contribution in [1.29, 1.82) is 0 Å². The van der Waals surface area contributed by atoms with Crippen LogP contribution in [0, 0.1) is 19.7 Å². The van der Waals surface area contributed by atoms with Gasteiger partial charge >= 0.3 is 0 Å². The van der Waals surface area contributed by atoms with Crippen molar-refractivity contribution in [3.05, 3.63) is 89.1 Å². The molecule has 2 N–H and O–H groups in total. The van der Waals surface area contributed by atoms with Crippen molar-refractivity contribution in [1.82, 2.24) is 19.5 Å². The first-order valence-corrected chi connectivity index (χ1v) is 9.29. The van der Waals surface area contributed by atoms with Crippen molar-refractivity contribution in [2.24, 2.45) is 0 Å². The van der Waals surface area contributed by atoms with Crippen LogP contribution >= 0.6 is 0 Å². The Morgan fingerprint density at radius 2 is 1.90 bits per heavy atom. The third kappa shape index (κ3) is 4.02. The Bertz CT molecular complexity index is 1170. The summed E-state index contributed by atoms with van der Waals surface area (Å²) in [6.07, 6.45) is 7.63. The Morgan fingerprint density at radius 1 is 1.10 bits per heavy atom. The summed E-state index contributed by atoms with van der Waals surface area (Å²) in [6.45, 7) is 3.85. The van der Waals surface area contributed by atoms with Gasteiger partial charge in [0.05, 0.1) is 30.0 Å². The Balaban J connectivity index is 1.59. The molecule has 6 heteroatoms. The molecule has 4 rings (SSSR count). The fourth-order valence-corrected chi connectivity index (χ4v) is 3.27. The number of aromatic nitrogens is 4. The Morgan fingerprint density at radius 3 is 2.55 bits per heavy atom. The summed E-state index contributed by atoms with van der Waals surface area (Å²) in [5.41, 5.74) is 6.19. The highest BCUT2D eigenvalue weighted by Crippen LogP contribution is 2.23. The van der Waals surface area contributed by atoms with E-state index in [-0.39, 0.29) is 12.4 Å². The van der Waals surface area contributed by atoms with E-state index in [2.05, 4.69) is 34.0 Å². The average molecular weight is 388 g/mol. The Kier molecular flexibility index (Phi) is 5.10. The van der Waals surface area contributed by atoms with Crippen molar-refractivity contribution in [2.45, 2.75) is 20.5 Å². The molecule has 0 aliphatic heterocycles. The zero-order chi connectivity index (χ0) is 20.4. The molecule has 5 nitrogen and oxygen atoms in total. The van der Waals surface area contributed by atoms with E-state index in [9.17, 15) is 9.50 Å². The van der Waals surface area contributed by atoms with Crippen LogP contribution < -0.4 is 0 Å². The van der Waals surface area contributed by atoms with E-state index in [0.29, 0.717) is 17.2 Å². The second-order valence-corrected chi connectivity index (χ2v) is 6.92. The highest BCUT2D eigenvalue weighted by molar-refractivity contribution is 5.71. The van der Waals surface area contributed by atoms with Gasteiger partial charge in [-0.1, -0.05) is 12.1 Å². The summed E-state index contributed by atoms with van der Waals surface area (Å²) < 4.78 is 15.2. The van der Waals surface area contributed by atoms with Gasteiger partial charge < -0.3 is 14.7 Å². The number of hydrogen-bond acceptors (Lipinski definition) is 3. The SMILES string of the molecule is Cc1cn(-c2ccc(/C=C/c3nc(-c4ccc(F)cc4)c(CO)[nH]3)cc2C)cn1. The van der Waals surface area contributed by atoms with Crippen LogP contribution in [-0.4, -0.2) is 24.6 Å². The minimum Gasteiger partial charge on any atom is -0.390 e. The summed E-state index contributed by atoms with van der Waals surface area (Å²) in [5, 5.41) is 9.63. The maximum Gasteiger partial charge on any atom is 0.131 e. The molecule has 4 aromatic rings. The van der Waals surface area contributed by atoms with Gasteiger partial charge in [-0.05, 0) is 67.4 Å². The molecule has 146 valence electrons. The van der Waals surface area contributed by atoms with E-state index < -0.39 is 0 Å². The molecular weight excluding hydrogens is 367 g/mol. The Labute approximate surface area is 168 Å². The van der Waals surface area contributed by atoms with Gasteiger partial charge in [0.2, 0.25) is 0 Å². The number of imidazole rings is 2. The molecule has 2 aromatic carbocycles. The standard InChI is InChI=1S/C23H21FN4O/c1-15-11-17(3-9-21(15)28-12-16(2)25-14-28)4-10-22-26-20(13-29)23(27-22)18-5-7-19(24)8-6-18/h3-12,14,29H,13H2,1-2H3,(H,26,27)/b10-4+. The number of hydrogen-bond donors (Lipinski definition) is 2. The van der Waals surface area contributed by atoms with Crippen molar-refractivity contribution < 1.29 is 9.50 Å². The number of H-pyrrole nitrogens is 1. The molecule has 0 unspecified atom stereocenters. The lowest BCUT2D eigenvalue weighted by Gasteiger charge is -2.07. The summed E-state index contributed by atoms with van der Waals surface area (Å²) in [6, 6.07) is 12.2. The van der Waals surface area contributed by atoms with Gasteiger partial charge in [-0.25, -0.2) is 14.4 Å². The van der Waals surface area contributed by atoms with Crippen molar-refractivity contribution >= 4 is 12.2 Å². The highest BCUT2D eigenvalue weighted by atomic mass is 19.1. The average Bonchev–Trinajstić information content (AvgIpc) is 3.33. The molecule has 0 spiro atoms. The van der Waals surface area contributed by atoms with E-state index in [4.69, 9.17) is 0 Å². The molecule has 0 fully saturated rings. The largest absolute Gasteiger partial charge is 0.390 e. The first-order valence-electron chi connectivity index (χ1n) is 9.29. The van der Waals surface area contributed by atoms with Crippen LogP contribution in [0.1, 0.15) is 28.3 Å². The number of aromatic amines is 1. The molecule has 29 heavy (non-hydrogen) atoms. The second-order valence-electron chi connectivity index (χ2n) is 6.92. The first-order chi connectivity index (χ1) is 14.0. The van der Waals surface area contributed by atoms with Gasteiger partial charge in [-0.15, -0.1) is 0 Å². The molecule has 0 aliphatic rings. The second kappa shape index (κ2) is 7.85. The lowest BCUT2D eigenvalue weighted by atomic mass is 10.1. The van der Waals surface area contributed by atoms with Crippen LogP contribution in [0.4, 0.5) is 4.39 Å². The van der Waals surface area contributed by atoms with E-state index in [1.807, 2.05) is 42.2 Å². The fraction of sp³-hybridized carbons (Fsp3) is 0.130. The van der Waals surface area contributed by atoms with Crippen molar-refractivity contribution in [3.8, 4) is 16.9 Å². The predicted octanol–water partition coefficient (Wildman–Crippen LogP) is 4.68. The topological polar surface area (TPSA) is 66.7 Å². The van der Waals surface area contributed by atoms with Crippen LogP contribution in [0.3, 0.4) is 0 Å². The number of rotatable bonds is 5. The summed E-state index contributed by atoms with van der Waals surface area (Å²) in [7, 11) is 0. The van der Waals surface area contributed by atoms with E-state index in [1.54, 1.807) is 12.1 Å². The van der Waals surface area contributed by atoms with Crippen LogP contribution in [0.2, 0.25) is 0 Å². The molecule has 0 radical (unpaired) electrons. The quantitative estimate of drug-likeness (QED) is 0.522. The third-order valence-electron chi connectivity index (χ3n) is 4.72. The number of halogens is 1. The number of aliphatic hydroxyl groups is 1. The van der Waals surface area contributed by atoms with Crippen molar-refractivity contribution in [2.75, 3.05) is 0 Å².